The fourth-order valence-corrected chi connectivity index (χ4v) is 9.27. The molecule has 1 aromatic rings. The maximum atomic E-state index is 12.6. The molecule has 0 saturated heterocycles. The molecule has 0 radical (unpaired) electrons. The highest BCUT2D eigenvalue weighted by Gasteiger charge is 2.40. The van der Waals surface area contributed by atoms with Gasteiger partial charge in [-0.25, -0.2) is 0 Å². The number of benzene rings is 1. The largest absolute Gasteiger partial charge is 0.295 e. The van der Waals surface area contributed by atoms with Crippen LogP contribution in [0.4, 0.5) is 0 Å². The molecule has 0 spiro atoms. The van der Waals surface area contributed by atoms with Crippen LogP contribution in [-0.4, -0.2) is 21.9 Å². The molecule has 0 amide bonds. The summed E-state index contributed by atoms with van der Waals surface area (Å²) in [5.74, 6) is 0.383. The van der Waals surface area contributed by atoms with Gasteiger partial charge in [0.1, 0.15) is 0 Å². The SMILES string of the molecule is C[Si](C)(C)C1=C([Si](C)(C)C)/C(=C\c2ccccc2)CC1=O. The average molecular weight is 315 g/mol. The van der Waals surface area contributed by atoms with Gasteiger partial charge in [-0.1, -0.05) is 80.9 Å². The van der Waals surface area contributed by atoms with Crippen LogP contribution >= 0.6 is 0 Å². The van der Waals surface area contributed by atoms with Crippen LogP contribution in [0.2, 0.25) is 39.3 Å². The van der Waals surface area contributed by atoms with Crippen LogP contribution in [0.15, 0.2) is 46.3 Å². The Kier molecular flexibility index (Phi) is 4.27. The van der Waals surface area contributed by atoms with Crippen LogP contribution in [-0.2, 0) is 4.79 Å². The minimum Gasteiger partial charge on any atom is -0.295 e. The van der Waals surface area contributed by atoms with Gasteiger partial charge in [-0.15, -0.1) is 0 Å². The predicted octanol–water partition coefficient (Wildman–Crippen LogP) is 5.09. The molecule has 2 rings (SSSR count). The van der Waals surface area contributed by atoms with Crippen molar-refractivity contribution in [2.24, 2.45) is 0 Å². The number of hydrogen-bond acceptors (Lipinski definition) is 1. The molecule has 0 unspecified atom stereocenters. The summed E-state index contributed by atoms with van der Waals surface area (Å²) in [6.07, 6.45) is 2.84. The molecule has 0 bridgehead atoms. The average Bonchev–Trinajstić information content (AvgIpc) is 2.66. The second-order valence-corrected chi connectivity index (χ2v) is 17.9. The van der Waals surface area contributed by atoms with E-state index in [1.54, 1.807) is 0 Å². The van der Waals surface area contributed by atoms with Crippen molar-refractivity contribution in [2.75, 3.05) is 0 Å². The number of allylic oxidation sites excluding steroid dienone is 3. The summed E-state index contributed by atoms with van der Waals surface area (Å²) in [7, 11) is -3.13. The van der Waals surface area contributed by atoms with Gasteiger partial charge < -0.3 is 0 Å². The van der Waals surface area contributed by atoms with E-state index >= 15 is 0 Å². The Morgan fingerprint density at radius 3 is 1.86 bits per heavy atom. The maximum absolute atomic E-state index is 12.6. The van der Waals surface area contributed by atoms with Crippen molar-refractivity contribution in [3.63, 3.8) is 0 Å². The van der Waals surface area contributed by atoms with Gasteiger partial charge in [-0.3, -0.25) is 4.79 Å². The molecule has 1 aliphatic carbocycles. The molecule has 0 fully saturated rings. The minimum atomic E-state index is -1.60. The van der Waals surface area contributed by atoms with Gasteiger partial charge in [0, 0.05) is 6.42 Å². The molecule has 0 aromatic heterocycles. The monoisotopic (exact) mass is 314 g/mol. The number of rotatable bonds is 3. The molecule has 0 atom stereocenters. The van der Waals surface area contributed by atoms with Crippen LogP contribution < -0.4 is 0 Å². The van der Waals surface area contributed by atoms with Crippen molar-refractivity contribution in [3.05, 3.63) is 51.9 Å². The zero-order chi connectivity index (χ0) is 15.8. The van der Waals surface area contributed by atoms with Crippen molar-refractivity contribution in [1.82, 2.24) is 0 Å². The highest BCUT2D eigenvalue weighted by molar-refractivity contribution is 6.93. The molecular weight excluding hydrogens is 288 g/mol. The molecular formula is C18H26OSi2. The van der Waals surface area contributed by atoms with Gasteiger partial charge in [-0.2, -0.15) is 0 Å². The molecule has 0 saturated carbocycles. The van der Waals surface area contributed by atoms with E-state index in [0.29, 0.717) is 12.2 Å². The zero-order valence-electron chi connectivity index (χ0n) is 14.1. The summed E-state index contributed by atoms with van der Waals surface area (Å²) >= 11 is 0. The Balaban J connectivity index is 2.62. The minimum absolute atomic E-state index is 0.383. The Labute approximate surface area is 130 Å². The molecule has 3 heteroatoms. The Bertz CT molecular complexity index is 611. The molecule has 1 nitrogen and oxygen atoms in total. The molecule has 112 valence electrons. The molecule has 1 aromatic carbocycles. The van der Waals surface area contributed by atoms with Crippen molar-refractivity contribution in [1.29, 1.82) is 0 Å². The van der Waals surface area contributed by atoms with Gasteiger partial charge in [0.25, 0.3) is 0 Å². The van der Waals surface area contributed by atoms with Crippen molar-refractivity contribution in [3.8, 4) is 0 Å². The number of hydrogen-bond donors (Lipinski definition) is 0. The molecule has 1 aliphatic rings. The third kappa shape index (κ3) is 3.53. The summed E-state index contributed by atoms with van der Waals surface area (Å²) in [4.78, 5) is 12.6. The third-order valence-corrected chi connectivity index (χ3v) is 8.19. The summed E-state index contributed by atoms with van der Waals surface area (Å²) < 4.78 is 0. The number of ketones is 1. The zero-order valence-corrected chi connectivity index (χ0v) is 16.1. The molecule has 21 heavy (non-hydrogen) atoms. The van der Waals surface area contributed by atoms with Gasteiger partial charge >= 0.3 is 0 Å². The number of carbonyl (C=O) groups excluding carboxylic acids is 1. The van der Waals surface area contributed by atoms with Crippen LogP contribution in [0.1, 0.15) is 12.0 Å². The quantitative estimate of drug-likeness (QED) is 0.710. The van der Waals surface area contributed by atoms with Crippen LogP contribution in [0.5, 0.6) is 0 Å². The van der Waals surface area contributed by atoms with E-state index < -0.39 is 16.1 Å². The highest BCUT2D eigenvalue weighted by atomic mass is 28.3. The Hall–Kier alpha value is -1.20. The second-order valence-electron chi connectivity index (χ2n) is 7.93. The number of carbonyl (C=O) groups is 1. The van der Waals surface area contributed by atoms with Crippen LogP contribution in [0.25, 0.3) is 6.08 Å². The summed E-state index contributed by atoms with van der Waals surface area (Å²) in [6, 6.07) is 10.4. The van der Waals surface area contributed by atoms with Crippen molar-refractivity contribution in [2.45, 2.75) is 45.7 Å². The molecule has 0 N–H and O–H groups in total. The first kappa shape index (κ1) is 16.2. The fraction of sp³-hybridized carbons (Fsp3) is 0.389. The second kappa shape index (κ2) is 5.54. The van der Waals surface area contributed by atoms with Crippen molar-refractivity contribution >= 4 is 28.0 Å². The third-order valence-electron chi connectivity index (χ3n) is 3.84. The van der Waals surface area contributed by atoms with E-state index in [-0.39, 0.29) is 0 Å². The number of Topliss-reactive ketones (excluding diaryl/α,β-unsaturated/α-hetero) is 1. The highest BCUT2D eigenvalue weighted by Crippen LogP contribution is 2.40. The standard InChI is InChI=1S/C18H26OSi2/c1-20(2,3)17-15(12-14-10-8-7-9-11-14)13-16(19)18(17)21(4,5)6/h7-12H,13H2,1-6H3/b15-12-. The Morgan fingerprint density at radius 2 is 1.38 bits per heavy atom. The summed E-state index contributed by atoms with van der Waals surface area (Å²) in [5, 5.41) is 2.65. The summed E-state index contributed by atoms with van der Waals surface area (Å²) in [6.45, 7) is 14.0. The van der Waals surface area contributed by atoms with E-state index in [1.807, 2.05) is 6.07 Å². The smallest absolute Gasteiger partial charge is 0.159 e. The van der Waals surface area contributed by atoms with E-state index in [1.165, 1.54) is 21.5 Å². The first-order valence-electron chi connectivity index (χ1n) is 7.65. The first-order chi connectivity index (χ1) is 9.60. The lowest BCUT2D eigenvalue weighted by atomic mass is 10.1. The topological polar surface area (TPSA) is 17.1 Å². The van der Waals surface area contributed by atoms with Crippen LogP contribution in [0, 0.1) is 0 Å². The van der Waals surface area contributed by atoms with Gasteiger partial charge in [0.2, 0.25) is 0 Å². The maximum Gasteiger partial charge on any atom is 0.159 e. The van der Waals surface area contributed by atoms with E-state index in [9.17, 15) is 4.79 Å². The van der Waals surface area contributed by atoms with Crippen molar-refractivity contribution < 1.29 is 4.79 Å². The normalized spacial score (nSPS) is 18.8. The van der Waals surface area contributed by atoms with E-state index in [0.717, 1.165) is 0 Å². The molecule has 0 heterocycles. The van der Waals surface area contributed by atoms with Gasteiger partial charge in [-0.05, 0) is 16.3 Å². The fourth-order valence-electron chi connectivity index (χ4n) is 3.17. The lowest BCUT2D eigenvalue weighted by Gasteiger charge is -2.26. The summed E-state index contributed by atoms with van der Waals surface area (Å²) in [5.41, 5.74) is 2.48. The van der Waals surface area contributed by atoms with Gasteiger partial charge in [0.15, 0.2) is 5.78 Å². The first-order valence-corrected chi connectivity index (χ1v) is 14.6. The van der Waals surface area contributed by atoms with E-state index in [4.69, 9.17) is 0 Å². The molecule has 0 aliphatic heterocycles. The predicted molar refractivity (Wildman–Crippen MR) is 97.8 cm³/mol. The Morgan fingerprint density at radius 1 is 0.857 bits per heavy atom. The van der Waals surface area contributed by atoms with Gasteiger partial charge in [0.05, 0.1) is 16.1 Å². The lowest BCUT2D eigenvalue weighted by Crippen LogP contribution is -2.34. The van der Waals surface area contributed by atoms with E-state index in [2.05, 4.69) is 69.6 Å². The van der Waals surface area contributed by atoms with Crippen LogP contribution in [0.3, 0.4) is 0 Å². The lowest BCUT2D eigenvalue weighted by molar-refractivity contribution is -0.114.